The molecule has 1 N–H and O–H groups in total. The maximum absolute atomic E-state index is 13.8. The summed E-state index contributed by atoms with van der Waals surface area (Å²) in [7, 11) is -3.84. The van der Waals surface area contributed by atoms with Gasteiger partial charge < -0.3 is 4.57 Å². The maximum atomic E-state index is 13.8. The summed E-state index contributed by atoms with van der Waals surface area (Å²) in [6, 6.07) is 13.2. The lowest BCUT2D eigenvalue weighted by Crippen LogP contribution is -2.35. The van der Waals surface area contributed by atoms with Gasteiger partial charge in [-0.1, -0.05) is 59.7 Å². The molecular formula is C29H24ClN3O4S. The first kappa shape index (κ1) is 24.6. The number of fused-ring (bicyclic) bond motifs is 2. The number of benzene rings is 2. The second-order valence-corrected chi connectivity index (χ2v) is 12.1. The normalized spacial score (nSPS) is 15.7. The molecule has 2 aliphatic carbocycles. The number of pyridine rings is 1. The van der Waals surface area contributed by atoms with Crippen LogP contribution in [-0.2, 0) is 21.4 Å². The molecule has 0 radical (unpaired) electrons. The third-order valence-electron chi connectivity index (χ3n) is 7.01. The molecule has 2 aromatic carbocycles. The summed E-state index contributed by atoms with van der Waals surface area (Å²) < 4.78 is 29.6. The quantitative estimate of drug-likeness (QED) is 0.353. The number of aromatic nitrogens is 2. The lowest BCUT2D eigenvalue weighted by atomic mass is 9.93. The van der Waals surface area contributed by atoms with Crippen LogP contribution in [0.3, 0.4) is 0 Å². The standard InChI is InChI=1S/C29H24ClN3O4S/c1-17-10-13-24-22(14-17)26(21-7-3-5-9-25(21)34)28(29(35)32-38(36,37)19-11-12-19)33(24)16-18-15-31-23-8-4-2-6-20(23)27(18)30/h2-8,10,13-15,19H,9,11-12,16H2,1H3,(H,32,35). The van der Waals surface area contributed by atoms with Gasteiger partial charge in [0.1, 0.15) is 5.69 Å². The van der Waals surface area contributed by atoms with Crippen LogP contribution in [0.5, 0.6) is 0 Å². The van der Waals surface area contributed by atoms with Crippen molar-refractivity contribution < 1.29 is 18.0 Å². The number of Topliss-reactive ketones (excluding diaryl/α,β-unsaturated/α-hetero) is 1. The molecule has 0 bridgehead atoms. The van der Waals surface area contributed by atoms with Crippen LogP contribution in [0.4, 0.5) is 0 Å². The number of nitrogens with zero attached hydrogens (tertiary/aromatic N) is 2. The monoisotopic (exact) mass is 545 g/mol. The second kappa shape index (κ2) is 9.22. The molecule has 0 spiro atoms. The highest BCUT2D eigenvalue weighted by atomic mass is 35.5. The Morgan fingerprint density at radius 2 is 1.95 bits per heavy atom. The highest BCUT2D eigenvalue weighted by Gasteiger charge is 2.38. The zero-order valence-electron chi connectivity index (χ0n) is 20.6. The van der Waals surface area contributed by atoms with Crippen LogP contribution in [0.2, 0.25) is 5.02 Å². The topological polar surface area (TPSA) is 98.1 Å². The van der Waals surface area contributed by atoms with Crippen molar-refractivity contribution in [2.45, 2.75) is 38.0 Å². The number of rotatable bonds is 6. The minimum atomic E-state index is -3.84. The predicted molar refractivity (Wildman–Crippen MR) is 149 cm³/mol. The van der Waals surface area contributed by atoms with Gasteiger partial charge in [0.25, 0.3) is 5.91 Å². The summed E-state index contributed by atoms with van der Waals surface area (Å²) in [4.78, 5) is 31.4. The van der Waals surface area contributed by atoms with Gasteiger partial charge in [-0.2, -0.15) is 0 Å². The van der Waals surface area contributed by atoms with Crippen LogP contribution in [0, 0.1) is 6.92 Å². The fourth-order valence-electron chi connectivity index (χ4n) is 4.98. The average molecular weight is 546 g/mol. The number of carbonyl (C=O) groups excluding carboxylic acids is 2. The van der Waals surface area contributed by atoms with Crippen molar-refractivity contribution in [2.24, 2.45) is 0 Å². The zero-order valence-corrected chi connectivity index (χ0v) is 22.1. The van der Waals surface area contributed by atoms with Crippen LogP contribution in [0.1, 0.15) is 46.4 Å². The van der Waals surface area contributed by atoms with Crippen LogP contribution < -0.4 is 4.72 Å². The maximum Gasteiger partial charge on any atom is 0.282 e. The first-order valence-electron chi connectivity index (χ1n) is 12.4. The molecule has 2 aromatic heterocycles. The van der Waals surface area contributed by atoms with Crippen molar-refractivity contribution in [3.63, 3.8) is 0 Å². The molecular weight excluding hydrogens is 522 g/mol. The van der Waals surface area contributed by atoms with E-state index in [4.69, 9.17) is 11.6 Å². The molecule has 0 atom stereocenters. The largest absolute Gasteiger partial charge is 0.331 e. The summed E-state index contributed by atoms with van der Waals surface area (Å²) in [5.41, 5.74) is 3.94. The molecule has 0 unspecified atom stereocenters. The number of nitrogens with one attached hydrogen (secondary N) is 1. The van der Waals surface area contributed by atoms with Crippen LogP contribution in [0.25, 0.3) is 27.4 Å². The molecule has 7 nitrogen and oxygen atoms in total. The number of para-hydroxylation sites is 1. The van der Waals surface area contributed by atoms with Crippen LogP contribution in [0.15, 0.2) is 66.9 Å². The molecule has 2 heterocycles. The minimum absolute atomic E-state index is 0.106. The number of hydrogen-bond donors (Lipinski definition) is 1. The van der Waals surface area contributed by atoms with Gasteiger partial charge in [-0.05, 0) is 38.0 Å². The lowest BCUT2D eigenvalue weighted by Gasteiger charge is -2.15. The highest BCUT2D eigenvalue weighted by Crippen LogP contribution is 2.37. The van der Waals surface area contributed by atoms with Crippen molar-refractivity contribution in [1.82, 2.24) is 14.3 Å². The van der Waals surface area contributed by atoms with Crippen LogP contribution in [-0.4, -0.2) is 34.9 Å². The van der Waals surface area contributed by atoms with E-state index in [0.29, 0.717) is 45.5 Å². The summed E-state index contributed by atoms with van der Waals surface area (Å²) in [5.74, 6) is -0.911. The smallest absolute Gasteiger partial charge is 0.282 e. The van der Waals surface area contributed by atoms with E-state index in [2.05, 4.69) is 9.71 Å². The van der Waals surface area contributed by atoms with Gasteiger partial charge in [0, 0.05) is 45.6 Å². The van der Waals surface area contributed by atoms with E-state index in [0.717, 1.165) is 16.5 Å². The van der Waals surface area contributed by atoms with E-state index >= 15 is 0 Å². The predicted octanol–water partition coefficient (Wildman–Crippen LogP) is 5.33. The Morgan fingerprint density at radius 1 is 1.16 bits per heavy atom. The number of hydrogen-bond acceptors (Lipinski definition) is 5. The molecule has 192 valence electrons. The lowest BCUT2D eigenvalue weighted by molar-refractivity contribution is -0.113. The molecule has 9 heteroatoms. The van der Waals surface area contributed by atoms with Crippen molar-refractivity contribution in [3.05, 3.63) is 94.3 Å². The molecule has 0 saturated heterocycles. The fraction of sp³-hybridized carbons (Fsp3) is 0.207. The summed E-state index contributed by atoms with van der Waals surface area (Å²) in [6.07, 6.45) is 8.13. The molecule has 1 amide bonds. The molecule has 4 aromatic rings. The number of sulfonamides is 1. The van der Waals surface area contributed by atoms with Crippen molar-refractivity contribution >= 4 is 60.7 Å². The molecule has 0 aliphatic heterocycles. The zero-order chi connectivity index (χ0) is 26.6. The third kappa shape index (κ3) is 4.23. The van der Waals surface area contributed by atoms with Gasteiger partial charge in [-0.15, -0.1) is 0 Å². The van der Waals surface area contributed by atoms with Gasteiger partial charge in [0.15, 0.2) is 5.78 Å². The first-order chi connectivity index (χ1) is 18.2. The Kier molecular flexibility index (Phi) is 5.96. The van der Waals surface area contributed by atoms with E-state index in [1.54, 1.807) is 29.0 Å². The van der Waals surface area contributed by atoms with Gasteiger partial charge in [-0.3, -0.25) is 14.6 Å². The number of ketones is 1. The molecule has 2 aliphatic rings. The minimum Gasteiger partial charge on any atom is -0.331 e. The van der Waals surface area contributed by atoms with Crippen molar-refractivity contribution in [2.75, 3.05) is 0 Å². The summed E-state index contributed by atoms with van der Waals surface area (Å²) >= 11 is 6.81. The van der Waals surface area contributed by atoms with Crippen molar-refractivity contribution in [3.8, 4) is 0 Å². The Morgan fingerprint density at radius 3 is 2.71 bits per heavy atom. The number of allylic oxidation sites excluding steroid dienone is 4. The number of halogens is 1. The molecule has 1 saturated carbocycles. The molecule has 1 fully saturated rings. The van der Waals surface area contributed by atoms with Gasteiger partial charge >= 0.3 is 0 Å². The number of carbonyl (C=O) groups is 2. The van der Waals surface area contributed by atoms with Crippen molar-refractivity contribution in [1.29, 1.82) is 0 Å². The Balaban J connectivity index is 1.60. The SMILES string of the molecule is Cc1ccc2c(c1)c(C1=CC=CCC1=O)c(C(=O)NS(=O)(=O)C1CC1)n2Cc1cnc2ccccc2c1Cl. The van der Waals surface area contributed by atoms with E-state index in [1.165, 1.54) is 0 Å². The fourth-order valence-corrected chi connectivity index (χ4v) is 6.52. The van der Waals surface area contributed by atoms with Gasteiger partial charge in [0.2, 0.25) is 10.0 Å². The summed E-state index contributed by atoms with van der Waals surface area (Å²) in [5, 5.41) is 1.39. The first-order valence-corrected chi connectivity index (χ1v) is 14.3. The van der Waals surface area contributed by atoms with Gasteiger partial charge in [-0.25, -0.2) is 13.1 Å². The van der Waals surface area contributed by atoms with E-state index in [1.807, 2.05) is 49.4 Å². The molecule has 38 heavy (non-hydrogen) atoms. The van der Waals surface area contributed by atoms with Gasteiger partial charge in [0.05, 0.1) is 22.3 Å². The molecule has 6 rings (SSSR count). The average Bonchev–Trinajstić information content (AvgIpc) is 3.71. The number of amides is 1. The number of aryl methyl sites for hydroxylation is 1. The highest BCUT2D eigenvalue weighted by molar-refractivity contribution is 7.91. The third-order valence-corrected chi connectivity index (χ3v) is 9.28. The Labute approximate surface area is 224 Å². The van der Waals surface area contributed by atoms with E-state index in [-0.39, 0.29) is 24.4 Å². The Bertz CT molecular complexity index is 1830. The Hall–Kier alpha value is -3.75. The van der Waals surface area contributed by atoms with Crippen LogP contribution >= 0.6 is 11.6 Å². The van der Waals surface area contributed by atoms with E-state index in [9.17, 15) is 18.0 Å². The van der Waals surface area contributed by atoms with E-state index < -0.39 is 21.2 Å². The summed E-state index contributed by atoms with van der Waals surface area (Å²) in [6.45, 7) is 2.08. The second-order valence-electron chi connectivity index (χ2n) is 9.76.